The van der Waals surface area contributed by atoms with E-state index in [2.05, 4.69) is 15.6 Å². The largest absolute Gasteiger partial charge is 0.384 e. The number of carbonyl (C=O) groups is 1. The molecule has 0 aromatic carbocycles. The normalized spacial score (nSPS) is 10.5. The van der Waals surface area contributed by atoms with E-state index >= 15 is 0 Å². The first kappa shape index (κ1) is 11.2. The molecule has 0 bridgehead atoms. The van der Waals surface area contributed by atoms with Gasteiger partial charge in [0.25, 0.3) is 5.91 Å². The summed E-state index contributed by atoms with van der Waals surface area (Å²) in [6.45, 7) is 2.06. The van der Waals surface area contributed by atoms with Gasteiger partial charge in [0.1, 0.15) is 5.82 Å². The number of rotatable bonds is 3. The minimum absolute atomic E-state index is 0.215. The monoisotopic (exact) mass is 235 g/mol. The van der Waals surface area contributed by atoms with Gasteiger partial charge in [0.15, 0.2) is 0 Å². The van der Waals surface area contributed by atoms with E-state index in [-0.39, 0.29) is 11.7 Å². The van der Waals surface area contributed by atoms with Gasteiger partial charge in [-0.3, -0.25) is 9.48 Å². The second kappa shape index (κ2) is 4.28. The summed E-state index contributed by atoms with van der Waals surface area (Å²) >= 11 is 0. The first-order valence-corrected chi connectivity index (χ1v) is 5.05. The minimum Gasteiger partial charge on any atom is -0.384 e. The molecule has 0 saturated heterocycles. The Morgan fingerprint density at radius 2 is 2.35 bits per heavy atom. The third-order valence-electron chi connectivity index (χ3n) is 2.46. The van der Waals surface area contributed by atoms with Crippen LogP contribution in [0.15, 0.2) is 16.9 Å². The Morgan fingerprint density at radius 3 is 2.88 bits per heavy atom. The van der Waals surface area contributed by atoms with E-state index in [0.29, 0.717) is 17.9 Å². The Morgan fingerprint density at radius 1 is 1.59 bits per heavy atom. The Labute approximate surface area is 97.6 Å². The van der Waals surface area contributed by atoms with Crippen LogP contribution in [0.3, 0.4) is 0 Å². The Balaban J connectivity index is 2.02. The van der Waals surface area contributed by atoms with Crippen molar-refractivity contribution in [2.24, 2.45) is 7.05 Å². The minimum atomic E-state index is -0.316. The molecule has 0 aliphatic heterocycles. The van der Waals surface area contributed by atoms with Gasteiger partial charge >= 0.3 is 0 Å². The molecule has 3 N–H and O–H groups in total. The van der Waals surface area contributed by atoms with Gasteiger partial charge in [0.2, 0.25) is 5.76 Å². The molecule has 2 aromatic heterocycles. The zero-order valence-electron chi connectivity index (χ0n) is 9.60. The number of hydrogen-bond acceptors (Lipinski definition) is 5. The average molecular weight is 235 g/mol. The number of nitrogens with one attached hydrogen (secondary N) is 1. The van der Waals surface area contributed by atoms with Crippen LogP contribution in [0, 0.1) is 6.92 Å². The molecule has 0 atom stereocenters. The Kier molecular flexibility index (Phi) is 2.82. The zero-order valence-corrected chi connectivity index (χ0v) is 9.60. The van der Waals surface area contributed by atoms with Gasteiger partial charge in [-0.25, -0.2) is 0 Å². The summed E-state index contributed by atoms with van der Waals surface area (Å²) in [7, 11) is 1.74. The number of hydrogen-bond donors (Lipinski definition) is 2. The molecule has 0 aliphatic rings. The van der Waals surface area contributed by atoms with Crippen LogP contribution in [0.5, 0.6) is 0 Å². The lowest BCUT2D eigenvalue weighted by Gasteiger charge is -2.02. The first-order valence-electron chi connectivity index (χ1n) is 5.05. The molecule has 0 radical (unpaired) electrons. The van der Waals surface area contributed by atoms with Gasteiger partial charge in [-0.1, -0.05) is 5.16 Å². The SMILES string of the molecule is Cc1cnoc1C(=O)NCc1cnn(C)c1N. The van der Waals surface area contributed by atoms with Crippen LogP contribution in [0.4, 0.5) is 5.82 Å². The molecule has 2 rings (SSSR count). The molecular weight excluding hydrogens is 222 g/mol. The van der Waals surface area contributed by atoms with E-state index in [1.165, 1.54) is 6.20 Å². The fraction of sp³-hybridized carbons (Fsp3) is 0.300. The predicted octanol–water partition coefficient (Wildman–Crippen LogP) is 0.229. The molecule has 2 aromatic rings. The maximum Gasteiger partial charge on any atom is 0.290 e. The number of nitrogens with zero attached hydrogens (tertiary/aromatic N) is 3. The van der Waals surface area contributed by atoms with E-state index in [1.807, 2.05) is 0 Å². The van der Waals surface area contributed by atoms with Crippen molar-refractivity contribution in [3.63, 3.8) is 0 Å². The van der Waals surface area contributed by atoms with Crippen LogP contribution >= 0.6 is 0 Å². The van der Waals surface area contributed by atoms with Gasteiger partial charge in [0, 0.05) is 24.7 Å². The van der Waals surface area contributed by atoms with Crippen molar-refractivity contribution < 1.29 is 9.32 Å². The molecule has 0 fully saturated rings. The van der Waals surface area contributed by atoms with E-state index in [4.69, 9.17) is 10.3 Å². The maximum absolute atomic E-state index is 11.7. The van der Waals surface area contributed by atoms with Crippen molar-refractivity contribution in [1.82, 2.24) is 20.3 Å². The summed E-state index contributed by atoms with van der Waals surface area (Å²) in [4.78, 5) is 11.7. The van der Waals surface area contributed by atoms with Crippen LogP contribution in [0.1, 0.15) is 21.7 Å². The van der Waals surface area contributed by atoms with Crippen molar-refractivity contribution >= 4 is 11.7 Å². The van der Waals surface area contributed by atoms with Gasteiger partial charge in [-0.2, -0.15) is 5.10 Å². The van der Waals surface area contributed by atoms with Gasteiger partial charge in [-0.15, -0.1) is 0 Å². The Hall–Kier alpha value is -2.31. The summed E-state index contributed by atoms with van der Waals surface area (Å²) in [5, 5.41) is 10.2. The highest BCUT2D eigenvalue weighted by Gasteiger charge is 2.14. The third kappa shape index (κ3) is 2.12. The molecule has 0 spiro atoms. The van der Waals surface area contributed by atoms with E-state index in [0.717, 1.165) is 5.56 Å². The molecule has 7 nitrogen and oxygen atoms in total. The lowest BCUT2D eigenvalue weighted by molar-refractivity contribution is 0.0913. The summed E-state index contributed by atoms with van der Waals surface area (Å²) in [5.41, 5.74) is 7.21. The predicted molar refractivity (Wildman–Crippen MR) is 60.0 cm³/mol. The number of nitrogen functional groups attached to an aromatic ring is 1. The zero-order chi connectivity index (χ0) is 12.4. The van der Waals surface area contributed by atoms with Crippen molar-refractivity contribution in [1.29, 1.82) is 0 Å². The summed E-state index contributed by atoms with van der Waals surface area (Å²) in [6.07, 6.45) is 3.11. The summed E-state index contributed by atoms with van der Waals surface area (Å²) in [6, 6.07) is 0. The molecule has 0 unspecified atom stereocenters. The summed E-state index contributed by atoms with van der Waals surface area (Å²) < 4.78 is 6.38. The van der Waals surface area contributed by atoms with Crippen LogP contribution < -0.4 is 11.1 Å². The van der Waals surface area contributed by atoms with E-state index in [1.54, 1.807) is 24.9 Å². The topological polar surface area (TPSA) is 99.0 Å². The van der Waals surface area contributed by atoms with Gasteiger partial charge < -0.3 is 15.6 Å². The number of carbonyl (C=O) groups excluding carboxylic acids is 1. The molecule has 7 heteroatoms. The molecule has 2 heterocycles. The quantitative estimate of drug-likeness (QED) is 0.793. The van der Waals surface area contributed by atoms with Crippen LogP contribution in [-0.4, -0.2) is 20.8 Å². The van der Waals surface area contributed by atoms with Crippen LogP contribution in [0.25, 0.3) is 0 Å². The number of aryl methyl sites for hydroxylation is 2. The maximum atomic E-state index is 11.7. The fourth-order valence-electron chi connectivity index (χ4n) is 1.39. The van der Waals surface area contributed by atoms with Crippen molar-refractivity contribution in [2.45, 2.75) is 13.5 Å². The van der Waals surface area contributed by atoms with Crippen LogP contribution in [-0.2, 0) is 13.6 Å². The molecule has 0 saturated carbocycles. The Bertz CT molecular complexity index is 543. The van der Waals surface area contributed by atoms with Gasteiger partial charge in [0.05, 0.1) is 12.4 Å². The van der Waals surface area contributed by atoms with E-state index in [9.17, 15) is 4.79 Å². The molecule has 1 amide bonds. The lowest BCUT2D eigenvalue weighted by atomic mass is 10.2. The third-order valence-corrected chi connectivity index (χ3v) is 2.46. The average Bonchev–Trinajstić information content (AvgIpc) is 2.85. The second-order valence-corrected chi connectivity index (χ2v) is 3.70. The van der Waals surface area contributed by atoms with Gasteiger partial charge in [-0.05, 0) is 6.92 Å². The lowest BCUT2D eigenvalue weighted by Crippen LogP contribution is -2.23. The van der Waals surface area contributed by atoms with Crippen molar-refractivity contribution in [2.75, 3.05) is 5.73 Å². The molecule has 0 aliphatic carbocycles. The number of amides is 1. The van der Waals surface area contributed by atoms with E-state index < -0.39 is 0 Å². The summed E-state index contributed by atoms with van der Waals surface area (Å²) in [5.74, 6) is 0.426. The second-order valence-electron chi connectivity index (χ2n) is 3.70. The van der Waals surface area contributed by atoms with Crippen molar-refractivity contribution in [3.05, 3.63) is 29.3 Å². The van der Waals surface area contributed by atoms with Crippen molar-refractivity contribution in [3.8, 4) is 0 Å². The highest BCUT2D eigenvalue weighted by atomic mass is 16.5. The highest BCUT2D eigenvalue weighted by Crippen LogP contribution is 2.10. The number of nitrogens with two attached hydrogens (primary N) is 1. The molecule has 90 valence electrons. The van der Waals surface area contributed by atoms with Crippen LogP contribution in [0.2, 0.25) is 0 Å². The smallest absolute Gasteiger partial charge is 0.290 e. The standard InChI is InChI=1S/C10H13N5O2/c1-6-3-14-17-8(6)10(16)12-4-7-5-13-15(2)9(7)11/h3,5H,4,11H2,1-2H3,(H,12,16). The fourth-order valence-corrected chi connectivity index (χ4v) is 1.39. The molecular formula is C10H13N5O2. The highest BCUT2D eigenvalue weighted by molar-refractivity contribution is 5.92. The number of aromatic nitrogens is 3. The number of anilines is 1. The first-order chi connectivity index (χ1) is 8.09. The molecule has 17 heavy (non-hydrogen) atoms.